The monoisotopic (exact) mass is 343 g/mol. The van der Waals surface area contributed by atoms with Gasteiger partial charge in [0.2, 0.25) is 11.5 Å². The van der Waals surface area contributed by atoms with E-state index >= 15 is 0 Å². The van der Waals surface area contributed by atoms with Crippen LogP contribution in [-0.2, 0) is 9.59 Å². The van der Waals surface area contributed by atoms with Gasteiger partial charge in [-0.3, -0.25) is 4.79 Å². The number of hydrogen-bond acceptors (Lipinski definition) is 3. The van der Waals surface area contributed by atoms with Crippen molar-refractivity contribution in [3.8, 4) is 5.75 Å². The maximum atomic E-state index is 12.4. The fourth-order valence-electron chi connectivity index (χ4n) is 3.53. The lowest BCUT2D eigenvalue weighted by Gasteiger charge is -2.39. The summed E-state index contributed by atoms with van der Waals surface area (Å²) in [7, 11) is 0. The highest BCUT2D eigenvalue weighted by atomic mass is 16.5. The Labute approximate surface area is 148 Å². The van der Waals surface area contributed by atoms with Crippen molar-refractivity contribution in [2.75, 3.05) is 13.1 Å². The van der Waals surface area contributed by atoms with Crippen molar-refractivity contribution in [3.05, 3.63) is 42.0 Å². The minimum atomic E-state index is -1.25. The fourth-order valence-corrected chi connectivity index (χ4v) is 3.53. The topological polar surface area (TPSA) is 66.8 Å². The Kier molecular flexibility index (Phi) is 5.11. The SMILES string of the molecule is Cc1ccc(OC2(C(=O)O)CCN(C(=O)C[C@H]3C=CCC3)CC2)cc1. The van der Waals surface area contributed by atoms with Crippen LogP contribution < -0.4 is 4.74 Å². The van der Waals surface area contributed by atoms with Gasteiger partial charge in [-0.25, -0.2) is 4.79 Å². The summed E-state index contributed by atoms with van der Waals surface area (Å²) in [5.74, 6) is 0.0520. The van der Waals surface area contributed by atoms with Crippen molar-refractivity contribution in [1.82, 2.24) is 4.90 Å². The zero-order chi connectivity index (χ0) is 17.9. The Morgan fingerprint density at radius 1 is 1.24 bits per heavy atom. The third-order valence-corrected chi connectivity index (χ3v) is 5.20. The largest absolute Gasteiger partial charge is 0.478 e. The molecule has 5 heteroatoms. The lowest BCUT2D eigenvalue weighted by atomic mass is 9.90. The van der Waals surface area contributed by atoms with Crippen LogP contribution in [0.1, 0.15) is 37.7 Å². The number of ether oxygens (including phenoxy) is 1. The number of rotatable bonds is 5. The van der Waals surface area contributed by atoms with Gasteiger partial charge in [-0.1, -0.05) is 29.8 Å². The molecule has 1 amide bonds. The maximum absolute atomic E-state index is 12.4. The summed E-state index contributed by atoms with van der Waals surface area (Å²) in [5, 5.41) is 9.72. The van der Waals surface area contributed by atoms with Crippen LogP contribution in [0.25, 0.3) is 0 Å². The van der Waals surface area contributed by atoms with Crippen molar-refractivity contribution in [2.45, 2.75) is 44.6 Å². The number of aliphatic carboxylic acids is 1. The number of nitrogens with zero attached hydrogens (tertiary/aromatic N) is 1. The van der Waals surface area contributed by atoms with E-state index in [0.717, 1.165) is 18.4 Å². The van der Waals surface area contributed by atoms with Crippen LogP contribution in [0.2, 0.25) is 0 Å². The zero-order valence-electron chi connectivity index (χ0n) is 14.6. The van der Waals surface area contributed by atoms with Crippen molar-refractivity contribution < 1.29 is 19.4 Å². The van der Waals surface area contributed by atoms with Crippen molar-refractivity contribution >= 4 is 11.9 Å². The van der Waals surface area contributed by atoms with Crippen LogP contribution in [0.5, 0.6) is 5.75 Å². The molecule has 0 radical (unpaired) electrons. The summed E-state index contributed by atoms with van der Waals surface area (Å²) < 4.78 is 5.87. The molecular formula is C20H25NO4. The number of carbonyl (C=O) groups excluding carboxylic acids is 1. The molecule has 134 valence electrons. The summed E-state index contributed by atoms with van der Waals surface area (Å²) in [6, 6.07) is 7.39. The van der Waals surface area contributed by atoms with Crippen LogP contribution in [0, 0.1) is 12.8 Å². The number of allylic oxidation sites excluding steroid dienone is 2. The quantitative estimate of drug-likeness (QED) is 0.834. The molecule has 1 N–H and O–H groups in total. The summed E-state index contributed by atoms with van der Waals surface area (Å²) in [5.41, 5.74) is -0.155. The molecule has 1 heterocycles. The van der Waals surface area contributed by atoms with Crippen molar-refractivity contribution in [3.63, 3.8) is 0 Å². The fraction of sp³-hybridized carbons (Fsp3) is 0.500. The molecule has 1 fully saturated rings. The first-order valence-corrected chi connectivity index (χ1v) is 8.92. The highest BCUT2D eigenvalue weighted by Crippen LogP contribution is 2.30. The van der Waals surface area contributed by atoms with Gasteiger partial charge in [-0.15, -0.1) is 0 Å². The standard InChI is InChI=1S/C20H25NO4/c1-15-6-8-17(9-7-15)25-20(19(23)24)10-12-21(13-11-20)18(22)14-16-4-2-3-5-16/h2,4,6-9,16H,3,5,10-14H2,1H3,(H,23,24)/t16-/m0/s1. The van der Waals surface area contributed by atoms with Crippen LogP contribution in [0.4, 0.5) is 0 Å². The van der Waals surface area contributed by atoms with E-state index in [2.05, 4.69) is 12.2 Å². The second-order valence-corrected chi connectivity index (χ2v) is 7.07. The molecule has 1 aliphatic carbocycles. The van der Waals surface area contributed by atoms with Crippen molar-refractivity contribution in [1.29, 1.82) is 0 Å². The number of carboxylic acids is 1. The van der Waals surface area contributed by atoms with E-state index in [-0.39, 0.29) is 5.91 Å². The number of aryl methyl sites for hydroxylation is 1. The lowest BCUT2D eigenvalue weighted by Crippen LogP contribution is -2.54. The number of hydrogen-bond donors (Lipinski definition) is 1. The third-order valence-electron chi connectivity index (χ3n) is 5.20. The van der Waals surface area contributed by atoms with Gasteiger partial charge in [-0.2, -0.15) is 0 Å². The Balaban J connectivity index is 1.61. The highest BCUT2D eigenvalue weighted by molar-refractivity contribution is 5.80. The smallest absolute Gasteiger partial charge is 0.348 e. The average molecular weight is 343 g/mol. The average Bonchev–Trinajstić information content (AvgIpc) is 3.10. The van der Waals surface area contributed by atoms with Gasteiger partial charge in [0.15, 0.2) is 0 Å². The first-order chi connectivity index (χ1) is 12.0. The van der Waals surface area contributed by atoms with Gasteiger partial charge in [0.05, 0.1) is 0 Å². The molecule has 0 unspecified atom stereocenters. The molecule has 1 aliphatic heterocycles. The third kappa shape index (κ3) is 4.03. The van der Waals surface area contributed by atoms with E-state index in [1.807, 2.05) is 19.1 Å². The number of piperidine rings is 1. The van der Waals surface area contributed by atoms with Crippen LogP contribution >= 0.6 is 0 Å². The summed E-state index contributed by atoms with van der Waals surface area (Å²) in [6.07, 6.45) is 7.46. The molecule has 1 saturated heterocycles. The van der Waals surface area contributed by atoms with Gasteiger partial charge in [-0.05, 0) is 37.8 Å². The molecule has 1 aromatic carbocycles. The van der Waals surface area contributed by atoms with E-state index in [1.54, 1.807) is 17.0 Å². The van der Waals surface area contributed by atoms with E-state index in [4.69, 9.17) is 4.74 Å². The Morgan fingerprint density at radius 2 is 1.92 bits per heavy atom. The van der Waals surface area contributed by atoms with E-state index in [9.17, 15) is 14.7 Å². The van der Waals surface area contributed by atoms with Crippen molar-refractivity contribution in [2.24, 2.45) is 5.92 Å². The predicted molar refractivity (Wildman–Crippen MR) is 94.5 cm³/mol. The predicted octanol–water partition coefficient (Wildman–Crippen LogP) is 3.18. The van der Waals surface area contributed by atoms with Gasteiger partial charge in [0.1, 0.15) is 5.75 Å². The van der Waals surface area contributed by atoms with Crippen LogP contribution in [-0.4, -0.2) is 40.6 Å². The molecular weight excluding hydrogens is 318 g/mol. The first kappa shape index (κ1) is 17.5. The Morgan fingerprint density at radius 3 is 2.48 bits per heavy atom. The number of benzene rings is 1. The second-order valence-electron chi connectivity index (χ2n) is 7.07. The van der Waals surface area contributed by atoms with Gasteiger partial charge in [0, 0.05) is 32.4 Å². The summed E-state index contributed by atoms with van der Waals surface area (Å²) in [4.78, 5) is 26.1. The number of carboxylic acid groups (broad SMARTS) is 1. The summed E-state index contributed by atoms with van der Waals surface area (Å²) >= 11 is 0. The molecule has 2 aliphatic rings. The summed E-state index contributed by atoms with van der Waals surface area (Å²) in [6.45, 7) is 2.82. The molecule has 1 aromatic rings. The van der Waals surface area contributed by atoms with Gasteiger partial charge >= 0.3 is 5.97 Å². The van der Waals surface area contributed by atoms with E-state index in [0.29, 0.717) is 44.0 Å². The highest BCUT2D eigenvalue weighted by Gasteiger charge is 2.45. The number of likely N-dealkylation sites (tertiary alicyclic amines) is 1. The number of amides is 1. The molecule has 0 saturated carbocycles. The normalized spacial score (nSPS) is 22.0. The molecule has 0 bridgehead atoms. The Bertz CT molecular complexity index is 657. The first-order valence-electron chi connectivity index (χ1n) is 8.92. The zero-order valence-corrected chi connectivity index (χ0v) is 14.6. The lowest BCUT2D eigenvalue weighted by molar-refractivity contribution is -0.162. The van der Waals surface area contributed by atoms with Crippen LogP contribution in [0.15, 0.2) is 36.4 Å². The minimum absolute atomic E-state index is 0.117. The minimum Gasteiger partial charge on any atom is -0.478 e. The molecule has 1 atom stereocenters. The number of carbonyl (C=O) groups is 2. The van der Waals surface area contributed by atoms with Gasteiger partial charge in [0.25, 0.3) is 0 Å². The molecule has 0 spiro atoms. The van der Waals surface area contributed by atoms with E-state index < -0.39 is 11.6 Å². The molecule has 25 heavy (non-hydrogen) atoms. The molecule has 3 rings (SSSR count). The maximum Gasteiger partial charge on any atom is 0.348 e. The van der Waals surface area contributed by atoms with Gasteiger partial charge < -0.3 is 14.7 Å². The molecule has 0 aromatic heterocycles. The molecule has 5 nitrogen and oxygen atoms in total. The Hall–Kier alpha value is -2.30. The van der Waals surface area contributed by atoms with Crippen LogP contribution in [0.3, 0.4) is 0 Å². The van der Waals surface area contributed by atoms with E-state index in [1.165, 1.54) is 0 Å². The second kappa shape index (κ2) is 7.30.